The van der Waals surface area contributed by atoms with Crippen LogP contribution in [0, 0.1) is 0 Å². The van der Waals surface area contributed by atoms with Gasteiger partial charge < -0.3 is 9.64 Å². The second kappa shape index (κ2) is 8.02. The Hall–Kier alpha value is -1.55. The minimum absolute atomic E-state index is 0.230. The van der Waals surface area contributed by atoms with Crippen LogP contribution in [0.1, 0.15) is 57.1 Å². The number of likely N-dealkylation sites (tertiary alicyclic amines) is 2. The first-order chi connectivity index (χ1) is 11.7. The van der Waals surface area contributed by atoms with Gasteiger partial charge in [-0.2, -0.15) is 0 Å². The summed E-state index contributed by atoms with van der Waals surface area (Å²) < 4.78 is 5.24. The van der Waals surface area contributed by atoms with Crippen LogP contribution in [0.2, 0.25) is 0 Å². The van der Waals surface area contributed by atoms with Crippen molar-refractivity contribution in [2.45, 2.75) is 57.5 Å². The van der Waals surface area contributed by atoms with Crippen LogP contribution in [0.25, 0.3) is 0 Å². The molecule has 2 saturated heterocycles. The van der Waals surface area contributed by atoms with Crippen LogP contribution in [-0.4, -0.2) is 48.5 Å². The maximum atomic E-state index is 12.9. The molecule has 4 nitrogen and oxygen atoms in total. The van der Waals surface area contributed by atoms with E-state index in [1.54, 1.807) is 7.11 Å². The standard InChI is InChI=1S/C20H30N2O2/c1-3-17-7-4-5-13-21(17)15-20(23)22-14-6-8-19(22)16-9-11-18(24-2)12-10-16/h9-12,17,19H,3-8,13-15H2,1-2H3. The van der Waals surface area contributed by atoms with E-state index in [1.165, 1.54) is 24.8 Å². The van der Waals surface area contributed by atoms with Crippen molar-refractivity contribution in [3.63, 3.8) is 0 Å². The molecule has 0 aromatic heterocycles. The van der Waals surface area contributed by atoms with Gasteiger partial charge in [0, 0.05) is 12.6 Å². The molecule has 0 N–H and O–H groups in total. The van der Waals surface area contributed by atoms with Gasteiger partial charge in [0.05, 0.1) is 19.7 Å². The molecule has 1 amide bonds. The minimum Gasteiger partial charge on any atom is -0.497 e. The zero-order valence-corrected chi connectivity index (χ0v) is 15.0. The van der Waals surface area contributed by atoms with Crippen molar-refractivity contribution >= 4 is 5.91 Å². The third kappa shape index (κ3) is 3.75. The molecule has 2 fully saturated rings. The number of benzene rings is 1. The number of ether oxygens (including phenoxy) is 1. The number of piperidine rings is 1. The molecule has 3 rings (SSSR count). The summed E-state index contributed by atoms with van der Waals surface area (Å²) in [7, 11) is 1.68. The van der Waals surface area contributed by atoms with Crippen molar-refractivity contribution in [3.8, 4) is 5.75 Å². The zero-order chi connectivity index (χ0) is 16.9. The summed E-state index contributed by atoms with van der Waals surface area (Å²) in [5.41, 5.74) is 1.23. The summed E-state index contributed by atoms with van der Waals surface area (Å²) in [5, 5.41) is 0. The number of carbonyl (C=O) groups is 1. The lowest BCUT2D eigenvalue weighted by molar-refractivity contribution is -0.134. The van der Waals surface area contributed by atoms with Crippen LogP contribution in [0.5, 0.6) is 5.75 Å². The van der Waals surface area contributed by atoms with Crippen LogP contribution in [0.15, 0.2) is 24.3 Å². The highest BCUT2D eigenvalue weighted by Crippen LogP contribution is 2.33. The van der Waals surface area contributed by atoms with Crippen molar-refractivity contribution in [1.29, 1.82) is 0 Å². The average Bonchev–Trinajstić information content (AvgIpc) is 3.12. The SMILES string of the molecule is CCC1CCCCN1CC(=O)N1CCCC1c1ccc(OC)cc1. The predicted molar refractivity (Wildman–Crippen MR) is 96.2 cm³/mol. The highest BCUT2D eigenvalue weighted by molar-refractivity contribution is 5.79. The van der Waals surface area contributed by atoms with Crippen molar-refractivity contribution in [2.24, 2.45) is 0 Å². The number of amides is 1. The molecule has 0 radical (unpaired) electrons. The molecule has 0 saturated carbocycles. The normalized spacial score (nSPS) is 25.0. The van der Waals surface area contributed by atoms with Gasteiger partial charge in [0.25, 0.3) is 0 Å². The quantitative estimate of drug-likeness (QED) is 0.826. The van der Waals surface area contributed by atoms with Crippen LogP contribution in [0.4, 0.5) is 0 Å². The minimum atomic E-state index is 0.230. The lowest BCUT2D eigenvalue weighted by atomic mass is 10.00. The molecule has 2 atom stereocenters. The van der Waals surface area contributed by atoms with E-state index in [-0.39, 0.29) is 6.04 Å². The Labute approximate surface area is 145 Å². The fourth-order valence-corrected chi connectivity index (χ4v) is 4.23. The predicted octanol–water partition coefficient (Wildman–Crippen LogP) is 3.62. The second-order valence-electron chi connectivity index (χ2n) is 7.05. The fourth-order valence-electron chi connectivity index (χ4n) is 4.23. The Balaban J connectivity index is 1.66. The van der Waals surface area contributed by atoms with E-state index in [0.29, 0.717) is 18.5 Å². The number of hydrogen-bond acceptors (Lipinski definition) is 3. The van der Waals surface area contributed by atoms with Gasteiger partial charge in [-0.15, -0.1) is 0 Å². The van der Waals surface area contributed by atoms with E-state index in [2.05, 4.69) is 28.9 Å². The second-order valence-corrected chi connectivity index (χ2v) is 7.05. The smallest absolute Gasteiger partial charge is 0.237 e. The molecule has 0 spiro atoms. The van der Waals surface area contributed by atoms with Gasteiger partial charge in [-0.05, 0) is 56.3 Å². The van der Waals surface area contributed by atoms with Crippen molar-refractivity contribution in [2.75, 3.05) is 26.7 Å². The molecule has 0 bridgehead atoms. The van der Waals surface area contributed by atoms with Gasteiger partial charge in [0.2, 0.25) is 5.91 Å². The monoisotopic (exact) mass is 330 g/mol. The third-order valence-corrected chi connectivity index (χ3v) is 5.63. The molecule has 1 aromatic rings. The molecule has 0 aliphatic carbocycles. The summed E-state index contributed by atoms with van der Waals surface area (Å²) in [6.07, 6.45) is 7.09. The number of nitrogens with zero attached hydrogens (tertiary/aromatic N) is 2. The van der Waals surface area contributed by atoms with E-state index in [0.717, 1.165) is 38.1 Å². The van der Waals surface area contributed by atoms with Crippen LogP contribution >= 0.6 is 0 Å². The number of hydrogen-bond donors (Lipinski definition) is 0. The van der Waals surface area contributed by atoms with Crippen molar-refractivity contribution < 1.29 is 9.53 Å². The first-order valence-electron chi connectivity index (χ1n) is 9.40. The van der Waals surface area contributed by atoms with Crippen LogP contribution in [-0.2, 0) is 4.79 Å². The fraction of sp³-hybridized carbons (Fsp3) is 0.650. The third-order valence-electron chi connectivity index (χ3n) is 5.63. The van der Waals surface area contributed by atoms with E-state index in [1.807, 2.05) is 12.1 Å². The van der Waals surface area contributed by atoms with Crippen molar-refractivity contribution in [1.82, 2.24) is 9.80 Å². The van der Waals surface area contributed by atoms with E-state index in [9.17, 15) is 4.79 Å². The molecule has 2 aliphatic heterocycles. The van der Waals surface area contributed by atoms with Gasteiger partial charge in [0.15, 0.2) is 0 Å². The Morgan fingerprint density at radius 1 is 1.12 bits per heavy atom. The molecule has 1 aromatic carbocycles. The van der Waals surface area contributed by atoms with Gasteiger partial charge in [-0.1, -0.05) is 25.5 Å². The highest BCUT2D eigenvalue weighted by Gasteiger charge is 2.32. The largest absolute Gasteiger partial charge is 0.497 e. The Kier molecular flexibility index (Phi) is 5.77. The van der Waals surface area contributed by atoms with E-state index >= 15 is 0 Å². The van der Waals surface area contributed by atoms with E-state index < -0.39 is 0 Å². The van der Waals surface area contributed by atoms with E-state index in [4.69, 9.17) is 4.74 Å². The molecule has 24 heavy (non-hydrogen) atoms. The van der Waals surface area contributed by atoms with Gasteiger partial charge >= 0.3 is 0 Å². The molecular formula is C20H30N2O2. The Morgan fingerprint density at radius 3 is 2.62 bits per heavy atom. The first kappa shape index (κ1) is 17.3. The lowest BCUT2D eigenvalue weighted by Crippen LogP contribution is -2.46. The number of rotatable bonds is 5. The summed E-state index contributed by atoms with van der Waals surface area (Å²) in [5.74, 6) is 1.17. The first-order valence-corrected chi connectivity index (χ1v) is 9.40. The highest BCUT2D eigenvalue weighted by atomic mass is 16.5. The topological polar surface area (TPSA) is 32.8 Å². The van der Waals surface area contributed by atoms with Gasteiger partial charge in [0.1, 0.15) is 5.75 Å². The van der Waals surface area contributed by atoms with Gasteiger partial charge in [-0.25, -0.2) is 0 Å². The summed E-state index contributed by atoms with van der Waals surface area (Å²) in [6, 6.07) is 9.01. The summed E-state index contributed by atoms with van der Waals surface area (Å²) in [4.78, 5) is 17.5. The molecule has 2 heterocycles. The van der Waals surface area contributed by atoms with Crippen molar-refractivity contribution in [3.05, 3.63) is 29.8 Å². The Bertz CT molecular complexity index is 543. The summed E-state index contributed by atoms with van der Waals surface area (Å²) in [6.45, 7) is 4.79. The maximum absolute atomic E-state index is 12.9. The molecule has 2 aliphatic rings. The van der Waals surface area contributed by atoms with Crippen LogP contribution in [0.3, 0.4) is 0 Å². The average molecular weight is 330 g/mol. The summed E-state index contributed by atoms with van der Waals surface area (Å²) >= 11 is 0. The molecular weight excluding hydrogens is 300 g/mol. The molecule has 4 heteroatoms. The zero-order valence-electron chi connectivity index (χ0n) is 15.0. The van der Waals surface area contributed by atoms with Gasteiger partial charge in [-0.3, -0.25) is 9.69 Å². The van der Waals surface area contributed by atoms with Crippen LogP contribution < -0.4 is 4.74 Å². The number of methoxy groups -OCH3 is 1. The number of carbonyl (C=O) groups excluding carboxylic acids is 1. The molecule has 2 unspecified atom stereocenters. The molecule has 132 valence electrons. The Morgan fingerprint density at radius 2 is 1.92 bits per heavy atom. The lowest BCUT2D eigenvalue weighted by Gasteiger charge is -2.36. The maximum Gasteiger partial charge on any atom is 0.237 e.